The Balaban J connectivity index is 1.66. The van der Waals surface area contributed by atoms with Crippen molar-refractivity contribution in [3.63, 3.8) is 0 Å². The van der Waals surface area contributed by atoms with Crippen molar-refractivity contribution < 1.29 is 0 Å². The molecule has 1 heterocycles. The summed E-state index contributed by atoms with van der Waals surface area (Å²) in [7, 11) is 0. The molecule has 94 valence electrons. The zero-order valence-corrected chi connectivity index (χ0v) is 10.7. The summed E-state index contributed by atoms with van der Waals surface area (Å²) in [6.45, 7) is 9.88. The van der Waals surface area contributed by atoms with Crippen LogP contribution in [0.3, 0.4) is 0 Å². The molecule has 1 saturated heterocycles. The van der Waals surface area contributed by atoms with Crippen LogP contribution in [0.1, 0.15) is 32.6 Å². The quantitative estimate of drug-likeness (QED) is 0.782. The molecule has 1 aliphatic heterocycles. The number of likely N-dealkylation sites (N-methyl/N-ethyl adjacent to an activating group) is 1. The highest BCUT2D eigenvalue weighted by Gasteiger charge is 2.22. The second-order valence-electron chi connectivity index (χ2n) is 5.52. The minimum Gasteiger partial charge on any atom is -0.328 e. The van der Waals surface area contributed by atoms with Crippen molar-refractivity contribution in [1.29, 1.82) is 0 Å². The average molecular weight is 225 g/mol. The fourth-order valence-corrected chi connectivity index (χ4v) is 3.02. The van der Waals surface area contributed by atoms with Gasteiger partial charge in [-0.05, 0) is 38.1 Å². The van der Waals surface area contributed by atoms with E-state index < -0.39 is 0 Å². The highest BCUT2D eigenvalue weighted by molar-refractivity contribution is 4.79. The Hall–Kier alpha value is -0.120. The second-order valence-corrected chi connectivity index (χ2v) is 5.52. The van der Waals surface area contributed by atoms with Gasteiger partial charge in [0.25, 0.3) is 0 Å². The molecule has 1 aliphatic carbocycles. The van der Waals surface area contributed by atoms with Crippen LogP contribution in [0.2, 0.25) is 0 Å². The predicted molar refractivity (Wildman–Crippen MR) is 68.5 cm³/mol. The van der Waals surface area contributed by atoms with E-state index in [2.05, 4.69) is 16.7 Å². The van der Waals surface area contributed by atoms with Gasteiger partial charge in [-0.1, -0.05) is 6.92 Å². The fourth-order valence-electron chi connectivity index (χ4n) is 3.02. The van der Waals surface area contributed by atoms with Gasteiger partial charge in [-0.25, -0.2) is 0 Å². The standard InChI is InChI=1S/C13H27N3/c1-2-15-7-9-16(10-8-15)11-12-3-5-13(14)6-4-12/h12-13H,2-11,14H2,1H3. The van der Waals surface area contributed by atoms with Gasteiger partial charge in [0, 0.05) is 38.8 Å². The second kappa shape index (κ2) is 5.99. The molecule has 2 fully saturated rings. The first kappa shape index (κ1) is 12.3. The smallest absolute Gasteiger partial charge is 0.0110 e. The minimum atomic E-state index is 0.494. The predicted octanol–water partition coefficient (Wildman–Crippen LogP) is 1.14. The van der Waals surface area contributed by atoms with Crippen molar-refractivity contribution >= 4 is 0 Å². The summed E-state index contributed by atoms with van der Waals surface area (Å²) in [5.41, 5.74) is 5.95. The maximum absolute atomic E-state index is 5.95. The van der Waals surface area contributed by atoms with E-state index in [1.54, 1.807) is 0 Å². The highest BCUT2D eigenvalue weighted by atomic mass is 15.3. The third kappa shape index (κ3) is 3.44. The monoisotopic (exact) mass is 225 g/mol. The van der Waals surface area contributed by atoms with Gasteiger partial charge >= 0.3 is 0 Å². The first-order chi connectivity index (χ1) is 7.78. The summed E-state index contributed by atoms with van der Waals surface area (Å²) in [6.07, 6.45) is 5.21. The molecule has 0 bridgehead atoms. The Bertz CT molecular complexity index is 191. The molecule has 0 unspecified atom stereocenters. The number of hydrogen-bond donors (Lipinski definition) is 1. The molecule has 1 saturated carbocycles. The number of hydrogen-bond acceptors (Lipinski definition) is 3. The molecule has 0 aromatic rings. The molecule has 2 aliphatic rings. The summed E-state index contributed by atoms with van der Waals surface area (Å²) >= 11 is 0. The lowest BCUT2D eigenvalue weighted by molar-refractivity contribution is 0.112. The first-order valence-electron chi connectivity index (χ1n) is 6.98. The van der Waals surface area contributed by atoms with E-state index in [1.165, 1.54) is 65.0 Å². The number of nitrogens with zero attached hydrogens (tertiary/aromatic N) is 2. The lowest BCUT2D eigenvalue weighted by Crippen LogP contribution is -2.48. The van der Waals surface area contributed by atoms with Crippen LogP contribution in [-0.4, -0.2) is 55.1 Å². The Morgan fingerprint density at radius 2 is 1.50 bits per heavy atom. The zero-order valence-electron chi connectivity index (χ0n) is 10.7. The van der Waals surface area contributed by atoms with E-state index in [9.17, 15) is 0 Å². The molecule has 2 N–H and O–H groups in total. The van der Waals surface area contributed by atoms with Crippen molar-refractivity contribution in [2.24, 2.45) is 11.7 Å². The van der Waals surface area contributed by atoms with E-state index in [0.717, 1.165) is 5.92 Å². The minimum absolute atomic E-state index is 0.494. The average Bonchev–Trinajstić information content (AvgIpc) is 2.33. The summed E-state index contributed by atoms with van der Waals surface area (Å²) in [6, 6.07) is 0.494. The van der Waals surface area contributed by atoms with Crippen molar-refractivity contribution in [3.05, 3.63) is 0 Å². The third-order valence-electron chi connectivity index (χ3n) is 4.32. The molecule has 0 spiro atoms. The molecule has 0 aromatic carbocycles. The Labute approximate surface area is 100.0 Å². The molecular weight excluding hydrogens is 198 g/mol. The Morgan fingerprint density at radius 1 is 0.938 bits per heavy atom. The van der Waals surface area contributed by atoms with Crippen LogP contribution < -0.4 is 5.73 Å². The lowest BCUT2D eigenvalue weighted by atomic mass is 9.86. The molecule has 3 heteroatoms. The summed E-state index contributed by atoms with van der Waals surface area (Å²) in [5.74, 6) is 0.924. The van der Waals surface area contributed by atoms with Gasteiger partial charge in [0.05, 0.1) is 0 Å². The summed E-state index contributed by atoms with van der Waals surface area (Å²) < 4.78 is 0. The van der Waals surface area contributed by atoms with Gasteiger partial charge in [-0.2, -0.15) is 0 Å². The lowest BCUT2D eigenvalue weighted by Gasteiger charge is -2.37. The summed E-state index contributed by atoms with van der Waals surface area (Å²) in [5, 5.41) is 0. The maximum atomic E-state index is 5.95. The number of piperazine rings is 1. The van der Waals surface area contributed by atoms with E-state index in [0.29, 0.717) is 6.04 Å². The van der Waals surface area contributed by atoms with Gasteiger partial charge in [0.1, 0.15) is 0 Å². The third-order valence-corrected chi connectivity index (χ3v) is 4.32. The van der Waals surface area contributed by atoms with Crippen LogP contribution in [0.4, 0.5) is 0 Å². The zero-order chi connectivity index (χ0) is 11.4. The van der Waals surface area contributed by atoms with Crippen molar-refractivity contribution in [2.75, 3.05) is 39.3 Å². The van der Waals surface area contributed by atoms with Crippen LogP contribution in [0.25, 0.3) is 0 Å². The topological polar surface area (TPSA) is 32.5 Å². The van der Waals surface area contributed by atoms with E-state index in [1.807, 2.05) is 0 Å². The molecule has 16 heavy (non-hydrogen) atoms. The molecule has 0 atom stereocenters. The SMILES string of the molecule is CCN1CCN(CC2CCC(N)CC2)CC1. The maximum Gasteiger partial charge on any atom is 0.0110 e. The van der Waals surface area contributed by atoms with Gasteiger partial charge in [-0.15, -0.1) is 0 Å². The molecule has 3 nitrogen and oxygen atoms in total. The van der Waals surface area contributed by atoms with Crippen molar-refractivity contribution in [3.8, 4) is 0 Å². The van der Waals surface area contributed by atoms with E-state index in [-0.39, 0.29) is 0 Å². The normalized spacial score (nSPS) is 34.1. The largest absolute Gasteiger partial charge is 0.328 e. The van der Waals surface area contributed by atoms with E-state index >= 15 is 0 Å². The van der Waals surface area contributed by atoms with Crippen LogP contribution in [0.15, 0.2) is 0 Å². The van der Waals surface area contributed by atoms with Crippen molar-refractivity contribution in [1.82, 2.24) is 9.80 Å². The van der Waals surface area contributed by atoms with Gasteiger partial charge < -0.3 is 15.5 Å². The number of rotatable bonds is 3. The fraction of sp³-hybridized carbons (Fsp3) is 1.00. The van der Waals surface area contributed by atoms with E-state index in [4.69, 9.17) is 5.73 Å². The Kier molecular flexibility index (Phi) is 4.62. The highest BCUT2D eigenvalue weighted by Crippen LogP contribution is 2.24. The number of nitrogens with two attached hydrogens (primary N) is 1. The van der Waals surface area contributed by atoms with Crippen LogP contribution in [0, 0.1) is 5.92 Å². The van der Waals surface area contributed by atoms with Gasteiger partial charge in [0.2, 0.25) is 0 Å². The molecule has 0 amide bonds. The molecule has 2 rings (SSSR count). The van der Waals surface area contributed by atoms with Gasteiger partial charge in [-0.3, -0.25) is 0 Å². The first-order valence-corrected chi connectivity index (χ1v) is 6.98. The van der Waals surface area contributed by atoms with Crippen LogP contribution in [-0.2, 0) is 0 Å². The van der Waals surface area contributed by atoms with Crippen molar-refractivity contribution in [2.45, 2.75) is 38.6 Å². The Morgan fingerprint density at radius 3 is 2.06 bits per heavy atom. The summed E-state index contributed by atoms with van der Waals surface area (Å²) in [4.78, 5) is 5.21. The van der Waals surface area contributed by atoms with Crippen LogP contribution in [0.5, 0.6) is 0 Å². The molecule has 0 radical (unpaired) electrons. The van der Waals surface area contributed by atoms with Crippen LogP contribution >= 0.6 is 0 Å². The molecule has 0 aromatic heterocycles. The van der Waals surface area contributed by atoms with Gasteiger partial charge in [0.15, 0.2) is 0 Å². The molecular formula is C13H27N3.